The summed E-state index contributed by atoms with van der Waals surface area (Å²) in [5.74, 6) is 0.479. The van der Waals surface area contributed by atoms with Crippen molar-refractivity contribution in [1.29, 1.82) is 0 Å². The largest absolute Gasteiger partial charge is 0.393 e. The molecular formula is C28H36N6O3S. The summed E-state index contributed by atoms with van der Waals surface area (Å²) in [7, 11) is 1.84. The number of carbonyl (C=O) groups excluding carboxylic acids is 1. The number of allylic oxidation sites excluding steroid dienone is 1. The molecule has 10 heteroatoms. The van der Waals surface area contributed by atoms with Crippen molar-refractivity contribution in [2.45, 2.75) is 75.8 Å². The first-order valence-corrected chi connectivity index (χ1v) is 14.6. The van der Waals surface area contributed by atoms with Crippen LogP contribution in [0, 0.1) is 35.2 Å². The number of aliphatic hydroxyl groups is 2. The van der Waals surface area contributed by atoms with E-state index < -0.39 is 17.1 Å². The SMILES string of the molecule is [C-]#[N+]CCn1ncc2c1C=C1CCC3C([C@@H](O)CC4(C)C3CC[C@]4(O)C(=O)CSc3nncn3C)C1(C)C2. The molecule has 4 aliphatic rings. The van der Waals surface area contributed by atoms with Gasteiger partial charge in [-0.2, -0.15) is 5.10 Å². The second-order valence-electron chi connectivity index (χ2n) is 12.3. The van der Waals surface area contributed by atoms with Gasteiger partial charge >= 0.3 is 0 Å². The third-order valence-corrected chi connectivity index (χ3v) is 11.6. The second-order valence-corrected chi connectivity index (χ2v) is 13.2. The van der Waals surface area contributed by atoms with Gasteiger partial charge in [0, 0.05) is 12.5 Å². The maximum absolute atomic E-state index is 13.6. The predicted molar refractivity (Wildman–Crippen MR) is 143 cm³/mol. The molecule has 0 amide bonds. The highest BCUT2D eigenvalue weighted by Crippen LogP contribution is 2.67. The molecule has 0 radical (unpaired) electrons. The van der Waals surface area contributed by atoms with E-state index in [-0.39, 0.29) is 34.7 Å². The van der Waals surface area contributed by atoms with E-state index in [1.165, 1.54) is 22.9 Å². The van der Waals surface area contributed by atoms with E-state index in [2.05, 4.69) is 33.1 Å². The van der Waals surface area contributed by atoms with Gasteiger partial charge < -0.3 is 19.6 Å². The molecule has 0 spiro atoms. The van der Waals surface area contributed by atoms with Gasteiger partial charge in [-0.25, -0.2) is 6.57 Å². The van der Waals surface area contributed by atoms with Crippen LogP contribution in [0.2, 0.25) is 0 Å². The van der Waals surface area contributed by atoms with Crippen molar-refractivity contribution in [1.82, 2.24) is 24.5 Å². The molecule has 3 fully saturated rings. The molecule has 9 nitrogen and oxygen atoms in total. The van der Waals surface area contributed by atoms with Gasteiger partial charge in [-0.05, 0) is 73.3 Å². The number of carbonyl (C=O) groups is 1. The fourth-order valence-corrected chi connectivity index (χ4v) is 9.53. The molecule has 202 valence electrons. The molecule has 0 aliphatic heterocycles. The quantitative estimate of drug-likeness (QED) is 0.431. The van der Waals surface area contributed by atoms with Crippen LogP contribution in [0.1, 0.15) is 57.2 Å². The number of aromatic nitrogens is 5. The normalized spacial score (nSPS) is 37.4. The van der Waals surface area contributed by atoms with E-state index in [1.807, 2.05) is 24.9 Å². The molecule has 4 aliphatic carbocycles. The first-order chi connectivity index (χ1) is 18.1. The summed E-state index contributed by atoms with van der Waals surface area (Å²) in [5.41, 5.74) is 1.36. The van der Waals surface area contributed by atoms with E-state index in [9.17, 15) is 15.0 Å². The van der Waals surface area contributed by atoms with Crippen molar-refractivity contribution >= 4 is 23.6 Å². The van der Waals surface area contributed by atoms with Gasteiger partial charge in [0.05, 0.1) is 23.7 Å². The molecule has 7 atom stereocenters. The molecule has 3 saturated carbocycles. The minimum Gasteiger partial charge on any atom is -0.393 e. The highest BCUT2D eigenvalue weighted by Gasteiger charge is 2.68. The first-order valence-electron chi connectivity index (χ1n) is 13.6. The Kier molecular flexibility index (Phi) is 6.13. The molecular weight excluding hydrogens is 500 g/mol. The lowest BCUT2D eigenvalue weighted by atomic mass is 9.45. The minimum absolute atomic E-state index is 0.0748. The zero-order valence-electron chi connectivity index (χ0n) is 22.3. The van der Waals surface area contributed by atoms with Crippen molar-refractivity contribution in [2.75, 3.05) is 12.3 Å². The van der Waals surface area contributed by atoms with Crippen LogP contribution in [0.5, 0.6) is 0 Å². The zero-order chi connectivity index (χ0) is 26.9. The summed E-state index contributed by atoms with van der Waals surface area (Å²) in [4.78, 5) is 17.1. The molecule has 2 aromatic heterocycles. The van der Waals surface area contributed by atoms with Gasteiger partial charge in [-0.3, -0.25) is 9.48 Å². The summed E-state index contributed by atoms with van der Waals surface area (Å²) in [6, 6.07) is 0. The van der Waals surface area contributed by atoms with Crippen LogP contribution in [0.15, 0.2) is 23.3 Å². The topological polar surface area (TPSA) is 110 Å². The van der Waals surface area contributed by atoms with Crippen molar-refractivity contribution in [3.63, 3.8) is 0 Å². The third kappa shape index (κ3) is 3.58. The van der Waals surface area contributed by atoms with Crippen LogP contribution < -0.4 is 0 Å². The molecule has 0 aromatic carbocycles. The van der Waals surface area contributed by atoms with Crippen LogP contribution >= 0.6 is 11.8 Å². The van der Waals surface area contributed by atoms with E-state index in [4.69, 9.17) is 6.57 Å². The van der Waals surface area contributed by atoms with E-state index in [0.717, 1.165) is 31.4 Å². The molecule has 2 aromatic rings. The van der Waals surface area contributed by atoms with Gasteiger partial charge in [-0.15, -0.1) is 10.2 Å². The smallest absolute Gasteiger partial charge is 0.234 e. The van der Waals surface area contributed by atoms with Crippen LogP contribution in [0.4, 0.5) is 0 Å². The third-order valence-electron chi connectivity index (χ3n) is 10.5. The lowest BCUT2D eigenvalue weighted by molar-refractivity contribution is -0.177. The molecule has 2 N–H and O–H groups in total. The van der Waals surface area contributed by atoms with Gasteiger partial charge in [0.1, 0.15) is 18.5 Å². The van der Waals surface area contributed by atoms with E-state index in [0.29, 0.717) is 31.1 Å². The van der Waals surface area contributed by atoms with E-state index in [1.54, 1.807) is 10.9 Å². The number of Topliss-reactive ketones (excluding diaryl/α,β-unsaturated/α-hetero) is 1. The molecule has 0 saturated heterocycles. The summed E-state index contributed by atoms with van der Waals surface area (Å²) in [5, 5.41) is 36.9. The summed E-state index contributed by atoms with van der Waals surface area (Å²) in [6.45, 7) is 12.5. The minimum atomic E-state index is -1.45. The number of fused-ring (bicyclic) bond motifs is 6. The Bertz CT molecular complexity index is 1340. The number of hydrogen-bond acceptors (Lipinski definition) is 7. The fraction of sp³-hybridized carbons (Fsp3) is 0.679. The summed E-state index contributed by atoms with van der Waals surface area (Å²) < 4.78 is 3.72. The lowest BCUT2D eigenvalue weighted by Crippen LogP contribution is -2.62. The number of ketones is 1. The number of hydrogen-bond donors (Lipinski definition) is 2. The van der Waals surface area contributed by atoms with Crippen molar-refractivity contribution < 1.29 is 15.0 Å². The standard InChI is InChI=1S/C28H36N6O3S/c1-26-12-17-14-31-34(10-9-29-3)21(17)11-18(26)5-6-19-20-7-8-28(37,27(20,2)13-22(35)24(19)26)23(36)15-38-25-32-30-16-33(25)4/h11,14,16,19-20,22,24,35,37H,5-10,12-13,15H2,1-2,4H3/t19?,20?,22-,24?,26?,27?,28-/m0/s1. The second kappa shape index (κ2) is 9.04. The van der Waals surface area contributed by atoms with Crippen LogP contribution in [-0.2, 0) is 24.8 Å². The monoisotopic (exact) mass is 536 g/mol. The first kappa shape index (κ1) is 25.8. The molecule has 6 rings (SSSR count). The van der Waals surface area contributed by atoms with Crippen molar-refractivity contribution in [3.8, 4) is 0 Å². The molecule has 0 bridgehead atoms. The Hall–Kier alpha value is -2.48. The van der Waals surface area contributed by atoms with Crippen LogP contribution in [-0.4, -0.2) is 64.5 Å². The Morgan fingerprint density at radius 1 is 1.34 bits per heavy atom. The van der Waals surface area contributed by atoms with E-state index >= 15 is 0 Å². The predicted octanol–water partition coefficient (Wildman–Crippen LogP) is 3.18. The molecule has 5 unspecified atom stereocenters. The van der Waals surface area contributed by atoms with Gasteiger partial charge in [0.25, 0.3) is 0 Å². The lowest BCUT2D eigenvalue weighted by Gasteiger charge is -2.60. The number of nitrogens with zero attached hydrogens (tertiary/aromatic N) is 6. The molecule has 38 heavy (non-hydrogen) atoms. The van der Waals surface area contributed by atoms with Gasteiger partial charge in [-0.1, -0.05) is 31.2 Å². The number of rotatable bonds is 6. The van der Waals surface area contributed by atoms with Gasteiger partial charge in [0.2, 0.25) is 6.54 Å². The zero-order valence-corrected chi connectivity index (χ0v) is 23.1. The van der Waals surface area contributed by atoms with Crippen molar-refractivity contribution in [2.24, 2.45) is 35.6 Å². The average Bonchev–Trinajstić information content (AvgIpc) is 3.54. The fourth-order valence-electron chi connectivity index (χ4n) is 8.68. The number of aliphatic hydroxyl groups excluding tert-OH is 1. The summed E-state index contributed by atoms with van der Waals surface area (Å²) in [6.07, 6.45) is 9.60. The Morgan fingerprint density at radius 2 is 2.16 bits per heavy atom. The van der Waals surface area contributed by atoms with Gasteiger partial charge in [0.15, 0.2) is 10.9 Å². The summed E-state index contributed by atoms with van der Waals surface area (Å²) >= 11 is 1.31. The number of thioether (sulfide) groups is 1. The molecule has 2 heterocycles. The Morgan fingerprint density at radius 3 is 2.89 bits per heavy atom. The van der Waals surface area contributed by atoms with Crippen LogP contribution in [0.25, 0.3) is 10.9 Å². The van der Waals surface area contributed by atoms with Crippen molar-refractivity contribution in [3.05, 3.63) is 40.8 Å². The Balaban J connectivity index is 1.26. The highest BCUT2D eigenvalue weighted by atomic mass is 32.2. The maximum Gasteiger partial charge on any atom is 0.234 e. The highest BCUT2D eigenvalue weighted by molar-refractivity contribution is 7.99. The number of aryl methyl sites for hydroxylation is 1. The maximum atomic E-state index is 13.6. The van der Waals surface area contributed by atoms with Crippen LogP contribution in [0.3, 0.4) is 0 Å². The average molecular weight is 537 g/mol. The Labute approximate surface area is 227 Å².